The Morgan fingerprint density at radius 1 is 1.42 bits per heavy atom. The van der Waals surface area contributed by atoms with Crippen molar-refractivity contribution in [1.82, 2.24) is 15.3 Å². The first-order valence-electron chi connectivity index (χ1n) is 7.25. The number of aromatic nitrogens is 2. The maximum absolute atomic E-state index is 4.60. The second-order valence-electron chi connectivity index (χ2n) is 5.13. The van der Waals surface area contributed by atoms with Gasteiger partial charge in [-0.1, -0.05) is 6.92 Å². The maximum atomic E-state index is 4.60. The molecule has 0 bridgehead atoms. The molecule has 1 aromatic heterocycles. The molecule has 5 nitrogen and oxygen atoms in total. The molecule has 2 rings (SSSR count). The summed E-state index contributed by atoms with van der Waals surface area (Å²) in [6.45, 7) is 7.18. The fraction of sp³-hybridized carbons (Fsp3) is 0.714. The topological polar surface area (TPSA) is 53.1 Å². The molecule has 2 N–H and O–H groups in total. The van der Waals surface area contributed by atoms with Crippen LogP contribution < -0.4 is 15.5 Å². The zero-order valence-electron chi connectivity index (χ0n) is 12.2. The monoisotopic (exact) mass is 263 g/mol. The number of likely N-dealkylation sites (N-methyl/N-ethyl adjacent to an activating group) is 1. The van der Waals surface area contributed by atoms with E-state index < -0.39 is 0 Å². The van der Waals surface area contributed by atoms with Crippen LogP contribution in [0.15, 0.2) is 6.07 Å². The SMILES string of the molecule is CCCNc1cc(N2CCCC2CNC)nc(C)n1. The van der Waals surface area contributed by atoms with E-state index in [1.165, 1.54) is 12.8 Å². The normalized spacial score (nSPS) is 18.9. The van der Waals surface area contributed by atoms with Crippen molar-refractivity contribution in [1.29, 1.82) is 0 Å². The zero-order chi connectivity index (χ0) is 13.7. The number of rotatable bonds is 6. The molecule has 1 fully saturated rings. The Bertz CT molecular complexity index is 407. The summed E-state index contributed by atoms with van der Waals surface area (Å²) in [4.78, 5) is 11.5. The Hall–Kier alpha value is -1.36. The van der Waals surface area contributed by atoms with Gasteiger partial charge >= 0.3 is 0 Å². The van der Waals surface area contributed by atoms with E-state index in [9.17, 15) is 0 Å². The first-order chi connectivity index (χ1) is 9.24. The molecule has 1 aromatic rings. The van der Waals surface area contributed by atoms with Crippen molar-refractivity contribution < 1.29 is 0 Å². The van der Waals surface area contributed by atoms with Crippen LogP contribution in [0.5, 0.6) is 0 Å². The van der Waals surface area contributed by atoms with Crippen molar-refractivity contribution in [3.05, 3.63) is 11.9 Å². The molecule has 19 heavy (non-hydrogen) atoms. The van der Waals surface area contributed by atoms with Gasteiger partial charge < -0.3 is 15.5 Å². The van der Waals surface area contributed by atoms with Crippen LogP contribution in [0.1, 0.15) is 32.0 Å². The van der Waals surface area contributed by atoms with Crippen LogP contribution in [-0.2, 0) is 0 Å². The van der Waals surface area contributed by atoms with Crippen LogP contribution in [0, 0.1) is 6.92 Å². The molecule has 1 aliphatic rings. The highest BCUT2D eigenvalue weighted by molar-refractivity contribution is 5.50. The highest BCUT2D eigenvalue weighted by atomic mass is 15.3. The summed E-state index contributed by atoms with van der Waals surface area (Å²) in [7, 11) is 2.01. The summed E-state index contributed by atoms with van der Waals surface area (Å²) in [5.41, 5.74) is 0. The number of hydrogen-bond acceptors (Lipinski definition) is 5. The van der Waals surface area contributed by atoms with Gasteiger partial charge in [0.2, 0.25) is 0 Å². The molecule has 1 saturated heterocycles. The first kappa shape index (κ1) is 14.1. The average Bonchev–Trinajstić information content (AvgIpc) is 2.84. The van der Waals surface area contributed by atoms with E-state index in [4.69, 9.17) is 0 Å². The molecule has 5 heteroatoms. The summed E-state index contributed by atoms with van der Waals surface area (Å²) < 4.78 is 0. The van der Waals surface area contributed by atoms with Gasteiger partial charge in [-0.2, -0.15) is 0 Å². The molecule has 1 unspecified atom stereocenters. The third-order valence-electron chi connectivity index (χ3n) is 3.49. The highest BCUT2D eigenvalue weighted by Crippen LogP contribution is 2.25. The minimum Gasteiger partial charge on any atom is -0.370 e. The third kappa shape index (κ3) is 3.56. The van der Waals surface area contributed by atoms with E-state index in [0.717, 1.165) is 43.5 Å². The van der Waals surface area contributed by atoms with Crippen LogP contribution in [0.3, 0.4) is 0 Å². The lowest BCUT2D eigenvalue weighted by molar-refractivity contribution is 0.611. The maximum Gasteiger partial charge on any atom is 0.134 e. The van der Waals surface area contributed by atoms with E-state index in [-0.39, 0.29) is 0 Å². The number of nitrogens with zero attached hydrogens (tertiary/aromatic N) is 3. The van der Waals surface area contributed by atoms with Crippen LogP contribution in [0.2, 0.25) is 0 Å². The minimum atomic E-state index is 0.554. The lowest BCUT2D eigenvalue weighted by atomic mass is 10.2. The zero-order valence-corrected chi connectivity index (χ0v) is 12.2. The Kier molecular flexibility index (Phi) is 4.96. The third-order valence-corrected chi connectivity index (χ3v) is 3.49. The molecule has 0 saturated carbocycles. The predicted molar refractivity (Wildman–Crippen MR) is 79.8 cm³/mol. The van der Waals surface area contributed by atoms with Crippen molar-refractivity contribution in [2.75, 3.05) is 36.9 Å². The van der Waals surface area contributed by atoms with Gasteiger partial charge in [0.1, 0.15) is 17.5 Å². The fourth-order valence-electron chi connectivity index (χ4n) is 2.63. The predicted octanol–water partition coefficient (Wildman–Crippen LogP) is 1.80. The van der Waals surface area contributed by atoms with Crippen molar-refractivity contribution in [3.63, 3.8) is 0 Å². The summed E-state index contributed by atoms with van der Waals surface area (Å²) in [6, 6.07) is 2.63. The van der Waals surface area contributed by atoms with Gasteiger partial charge in [0.25, 0.3) is 0 Å². The van der Waals surface area contributed by atoms with E-state index in [1.807, 2.05) is 14.0 Å². The molecule has 0 aliphatic carbocycles. The molecule has 0 aromatic carbocycles. The Labute approximate surface area is 115 Å². The molecule has 1 aliphatic heterocycles. The van der Waals surface area contributed by atoms with E-state index in [2.05, 4.69) is 38.5 Å². The quantitative estimate of drug-likeness (QED) is 0.819. The standard InChI is InChI=1S/C14H25N5/c1-4-7-16-13-9-14(18-11(2)17-13)19-8-5-6-12(19)10-15-3/h9,12,15H,4-8,10H2,1-3H3,(H,16,17,18). The molecular weight excluding hydrogens is 238 g/mol. The van der Waals surface area contributed by atoms with E-state index in [1.54, 1.807) is 0 Å². The average molecular weight is 263 g/mol. The second-order valence-corrected chi connectivity index (χ2v) is 5.13. The second kappa shape index (κ2) is 6.70. The Balaban J connectivity index is 2.16. The molecule has 0 amide bonds. The summed E-state index contributed by atoms with van der Waals surface area (Å²) in [5, 5.41) is 6.62. The lowest BCUT2D eigenvalue weighted by Gasteiger charge is -2.26. The van der Waals surface area contributed by atoms with E-state index in [0.29, 0.717) is 6.04 Å². The van der Waals surface area contributed by atoms with Gasteiger partial charge in [-0.05, 0) is 33.2 Å². The van der Waals surface area contributed by atoms with Crippen molar-refractivity contribution in [2.45, 2.75) is 39.2 Å². The number of nitrogens with one attached hydrogen (secondary N) is 2. The van der Waals surface area contributed by atoms with Gasteiger partial charge in [-0.15, -0.1) is 0 Å². The number of hydrogen-bond donors (Lipinski definition) is 2. The largest absolute Gasteiger partial charge is 0.370 e. The molecular formula is C14H25N5. The number of anilines is 2. The first-order valence-corrected chi connectivity index (χ1v) is 7.25. The van der Waals surface area contributed by atoms with Crippen LogP contribution >= 0.6 is 0 Å². The van der Waals surface area contributed by atoms with Crippen molar-refractivity contribution in [2.24, 2.45) is 0 Å². The van der Waals surface area contributed by atoms with Crippen LogP contribution in [0.4, 0.5) is 11.6 Å². The molecule has 1 atom stereocenters. The molecule has 0 radical (unpaired) electrons. The summed E-state index contributed by atoms with van der Waals surface area (Å²) in [6.07, 6.45) is 3.58. The Morgan fingerprint density at radius 3 is 3.00 bits per heavy atom. The highest BCUT2D eigenvalue weighted by Gasteiger charge is 2.25. The van der Waals surface area contributed by atoms with Gasteiger partial charge in [-0.3, -0.25) is 0 Å². The van der Waals surface area contributed by atoms with Gasteiger partial charge in [0.15, 0.2) is 0 Å². The molecule has 106 valence electrons. The van der Waals surface area contributed by atoms with Gasteiger partial charge in [-0.25, -0.2) is 9.97 Å². The molecule has 0 spiro atoms. The number of aryl methyl sites for hydroxylation is 1. The smallest absolute Gasteiger partial charge is 0.134 e. The van der Waals surface area contributed by atoms with Crippen LogP contribution in [0.25, 0.3) is 0 Å². The summed E-state index contributed by atoms with van der Waals surface area (Å²) in [5.74, 6) is 2.84. The lowest BCUT2D eigenvalue weighted by Crippen LogP contribution is -2.37. The van der Waals surface area contributed by atoms with E-state index >= 15 is 0 Å². The van der Waals surface area contributed by atoms with Crippen molar-refractivity contribution in [3.8, 4) is 0 Å². The van der Waals surface area contributed by atoms with Gasteiger partial charge in [0.05, 0.1) is 0 Å². The van der Waals surface area contributed by atoms with Crippen molar-refractivity contribution >= 4 is 11.6 Å². The molecule has 2 heterocycles. The fourth-order valence-corrected chi connectivity index (χ4v) is 2.63. The van der Waals surface area contributed by atoms with Gasteiger partial charge in [0, 0.05) is 31.7 Å². The summed E-state index contributed by atoms with van der Waals surface area (Å²) >= 11 is 0. The van der Waals surface area contributed by atoms with Crippen LogP contribution in [-0.4, -0.2) is 42.7 Å². The Morgan fingerprint density at radius 2 is 2.26 bits per heavy atom. The minimum absolute atomic E-state index is 0.554.